The Balaban J connectivity index is 1.60. The Kier molecular flexibility index (Phi) is 8.42. The third-order valence-corrected chi connectivity index (χ3v) is 6.67. The zero-order valence-corrected chi connectivity index (χ0v) is 21.2. The molecule has 6 atom stereocenters. The first-order valence-corrected chi connectivity index (χ1v) is 12.3. The van der Waals surface area contributed by atoms with Crippen LogP contribution < -0.4 is 10.2 Å². The van der Waals surface area contributed by atoms with E-state index >= 15 is 0 Å². The second-order valence-electron chi connectivity index (χ2n) is 9.30. The number of aliphatic carboxylic acids is 1. The molecule has 13 heteroatoms. The molecule has 13 nitrogen and oxygen atoms in total. The molecule has 6 N–H and O–H groups in total. The van der Waals surface area contributed by atoms with Gasteiger partial charge in [0, 0.05) is 6.07 Å². The lowest BCUT2D eigenvalue weighted by Gasteiger charge is -2.49. The van der Waals surface area contributed by atoms with E-state index in [0.717, 1.165) is 0 Å². The Hall–Kier alpha value is -4.01. The minimum Gasteiger partial charge on any atom is -0.508 e. The number of benzene rings is 2. The second kappa shape index (κ2) is 11.6. The summed E-state index contributed by atoms with van der Waals surface area (Å²) in [5.41, 5.74) is -2.06. The van der Waals surface area contributed by atoms with Gasteiger partial charge in [-0.25, -0.2) is 0 Å². The number of hydrogen-bond donors (Lipinski definition) is 6. The number of carbonyl (C=O) groups is 2. The smallest absolute Gasteiger partial charge is 0.317 e. The molecule has 2 aromatic carbocycles. The maximum Gasteiger partial charge on any atom is 0.317 e. The van der Waals surface area contributed by atoms with Gasteiger partial charge in [0.1, 0.15) is 54.7 Å². The Morgan fingerprint density at radius 3 is 2.45 bits per heavy atom. The average Bonchev–Trinajstić information content (AvgIpc) is 2.92. The lowest BCUT2D eigenvalue weighted by atomic mass is 9.78. The molecule has 40 heavy (non-hydrogen) atoms. The standard InChI is InChI=1S/C27H28O13/c1-2-20(29)27(36)24(34)19(12-38-22(32)10-21(30)31)40-26(25(27)35)39-15-7-8-16-18(9-15)37-11-17(23(16)33)13-3-5-14(28)6-4-13/h3-9,11,19-20,24-26,28-29,34-36H,2,10,12H2,1H3,(H,30,31). The summed E-state index contributed by atoms with van der Waals surface area (Å²) in [4.78, 5) is 35.5. The number of hydrogen-bond acceptors (Lipinski definition) is 12. The summed E-state index contributed by atoms with van der Waals surface area (Å²) < 4.78 is 21.7. The molecule has 3 aromatic rings. The van der Waals surface area contributed by atoms with Crippen molar-refractivity contribution in [2.24, 2.45) is 0 Å². The van der Waals surface area contributed by atoms with Crippen molar-refractivity contribution in [3.8, 4) is 22.6 Å². The number of carboxylic acid groups (broad SMARTS) is 1. The van der Waals surface area contributed by atoms with E-state index in [9.17, 15) is 39.9 Å². The number of phenolic OH excluding ortho intramolecular Hbond substituents is 1. The number of esters is 1. The molecule has 6 unspecified atom stereocenters. The topological polar surface area (TPSA) is 213 Å². The first kappa shape index (κ1) is 29.0. The summed E-state index contributed by atoms with van der Waals surface area (Å²) in [6, 6.07) is 10.1. The van der Waals surface area contributed by atoms with Gasteiger partial charge in [0.15, 0.2) is 11.0 Å². The second-order valence-corrected chi connectivity index (χ2v) is 9.30. The van der Waals surface area contributed by atoms with Crippen LogP contribution in [0.2, 0.25) is 0 Å². The molecule has 0 saturated carbocycles. The highest BCUT2D eigenvalue weighted by Gasteiger charge is 2.59. The molecule has 214 valence electrons. The number of aliphatic hydroxyl groups excluding tert-OH is 3. The summed E-state index contributed by atoms with van der Waals surface area (Å²) in [5.74, 6) is -2.52. The van der Waals surface area contributed by atoms with Gasteiger partial charge in [0.25, 0.3) is 0 Å². The van der Waals surface area contributed by atoms with E-state index in [0.29, 0.717) is 5.56 Å². The highest BCUT2D eigenvalue weighted by Crippen LogP contribution is 2.36. The van der Waals surface area contributed by atoms with Crippen LogP contribution in [0.5, 0.6) is 11.5 Å². The zero-order valence-electron chi connectivity index (χ0n) is 21.2. The number of fused-ring (bicyclic) bond motifs is 1. The predicted molar refractivity (Wildman–Crippen MR) is 135 cm³/mol. The van der Waals surface area contributed by atoms with Gasteiger partial charge in [-0.3, -0.25) is 14.4 Å². The quantitative estimate of drug-likeness (QED) is 0.156. The van der Waals surface area contributed by atoms with E-state index in [1.807, 2.05) is 0 Å². The molecule has 0 spiro atoms. The Labute approximate surface area is 226 Å². The Bertz CT molecular complexity index is 1430. The molecule has 1 saturated heterocycles. The van der Waals surface area contributed by atoms with Crippen molar-refractivity contribution in [2.75, 3.05) is 6.61 Å². The molecule has 0 amide bonds. The lowest BCUT2D eigenvalue weighted by molar-refractivity contribution is -0.333. The maximum atomic E-state index is 13.0. The first-order chi connectivity index (χ1) is 18.9. The molecule has 1 aliphatic heterocycles. The number of aliphatic hydroxyl groups is 4. The molecule has 2 heterocycles. The van der Waals surface area contributed by atoms with Crippen molar-refractivity contribution in [2.45, 2.75) is 56.1 Å². The molecule has 4 rings (SSSR count). The SMILES string of the molecule is CCC(O)C1(O)C(O)C(COC(=O)CC(=O)O)OC(Oc2ccc3c(=O)c(-c4ccc(O)cc4)coc3c2)C1O. The number of phenols is 1. The highest BCUT2D eigenvalue weighted by molar-refractivity contribution is 5.90. The van der Waals surface area contributed by atoms with Crippen LogP contribution in [-0.4, -0.2) is 85.5 Å². The Morgan fingerprint density at radius 1 is 1.10 bits per heavy atom. The minimum atomic E-state index is -2.58. The molecule has 1 fully saturated rings. The summed E-state index contributed by atoms with van der Waals surface area (Å²) in [6.07, 6.45) is -8.65. The van der Waals surface area contributed by atoms with E-state index in [1.54, 1.807) is 12.1 Å². The summed E-state index contributed by atoms with van der Waals surface area (Å²) in [5, 5.41) is 61.6. The van der Waals surface area contributed by atoms with Gasteiger partial charge in [-0.2, -0.15) is 0 Å². The van der Waals surface area contributed by atoms with Gasteiger partial charge in [0.05, 0.1) is 17.1 Å². The highest BCUT2D eigenvalue weighted by atomic mass is 16.7. The van der Waals surface area contributed by atoms with E-state index < -0.39 is 61.3 Å². The molecule has 0 radical (unpaired) electrons. The van der Waals surface area contributed by atoms with Crippen LogP contribution in [0.4, 0.5) is 0 Å². The molecule has 0 bridgehead atoms. The monoisotopic (exact) mass is 560 g/mol. The van der Waals surface area contributed by atoms with Crippen LogP contribution in [0, 0.1) is 0 Å². The van der Waals surface area contributed by atoms with Crippen molar-refractivity contribution in [3.63, 3.8) is 0 Å². The molecule has 1 aliphatic rings. The molecule has 0 aliphatic carbocycles. The number of rotatable bonds is 9. The summed E-state index contributed by atoms with van der Waals surface area (Å²) in [6.45, 7) is 0.776. The van der Waals surface area contributed by atoms with Crippen LogP contribution in [0.25, 0.3) is 22.1 Å². The van der Waals surface area contributed by atoms with Crippen LogP contribution in [0.1, 0.15) is 19.8 Å². The average molecular weight is 561 g/mol. The summed E-state index contributed by atoms with van der Waals surface area (Å²) >= 11 is 0. The van der Waals surface area contributed by atoms with Gasteiger partial charge < -0.3 is 49.3 Å². The number of aromatic hydroxyl groups is 1. The zero-order chi connectivity index (χ0) is 29.2. The first-order valence-electron chi connectivity index (χ1n) is 12.3. The van der Waals surface area contributed by atoms with Crippen molar-refractivity contribution >= 4 is 22.9 Å². The van der Waals surface area contributed by atoms with Gasteiger partial charge >= 0.3 is 11.9 Å². The fourth-order valence-electron chi connectivity index (χ4n) is 4.46. The Morgan fingerprint density at radius 2 is 1.80 bits per heavy atom. The normalized spacial score (nSPS) is 25.3. The largest absolute Gasteiger partial charge is 0.508 e. The summed E-state index contributed by atoms with van der Waals surface area (Å²) in [7, 11) is 0. The fourth-order valence-corrected chi connectivity index (χ4v) is 4.46. The van der Waals surface area contributed by atoms with Crippen LogP contribution in [0.3, 0.4) is 0 Å². The lowest BCUT2D eigenvalue weighted by Crippen LogP contribution is -2.72. The van der Waals surface area contributed by atoms with E-state index in [4.69, 9.17) is 23.7 Å². The van der Waals surface area contributed by atoms with Crippen molar-refractivity contribution in [3.05, 3.63) is 59.0 Å². The van der Waals surface area contributed by atoms with Crippen molar-refractivity contribution in [1.29, 1.82) is 0 Å². The molecular weight excluding hydrogens is 532 g/mol. The fraction of sp³-hybridized carbons (Fsp3) is 0.370. The van der Waals surface area contributed by atoms with Crippen LogP contribution in [-0.2, 0) is 19.1 Å². The van der Waals surface area contributed by atoms with Gasteiger partial charge in [-0.15, -0.1) is 0 Å². The van der Waals surface area contributed by atoms with Gasteiger partial charge in [0.2, 0.25) is 6.29 Å². The van der Waals surface area contributed by atoms with Crippen molar-refractivity contribution < 1.29 is 58.9 Å². The van der Waals surface area contributed by atoms with Crippen LogP contribution >= 0.6 is 0 Å². The van der Waals surface area contributed by atoms with E-state index in [2.05, 4.69) is 0 Å². The van der Waals surface area contributed by atoms with Crippen molar-refractivity contribution in [1.82, 2.24) is 0 Å². The van der Waals surface area contributed by atoms with Crippen LogP contribution in [0.15, 0.2) is 57.9 Å². The van der Waals surface area contributed by atoms with E-state index in [-0.39, 0.29) is 39.9 Å². The van der Waals surface area contributed by atoms with Gasteiger partial charge in [-0.05, 0) is 36.2 Å². The third-order valence-electron chi connectivity index (χ3n) is 6.67. The van der Waals surface area contributed by atoms with Gasteiger partial charge in [-0.1, -0.05) is 19.1 Å². The number of ether oxygens (including phenoxy) is 3. The predicted octanol–water partition coefficient (Wildman–Crippen LogP) is 0.511. The number of carbonyl (C=O) groups excluding carboxylic acids is 1. The maximum absolute atomic E-state index is 13.0. The number of carboxylic acids is 1. The third kappa shape index (κ3) is 5.64. The molecular formula is C27H28O13. The van der Waals surface area contributed by atoms with E-state index in [1.165, 1.54) is 43.5 Å². The molecule has 1 aromatic heterocycles. The minimum absolute atomic E-state index is 0.0171.